The number of hydrogen-bond donors (Lipinski definition) is 2. The van der Waals surface area contributed by atoms with E-state index in [1.807, 2.05) is 11.4 Å². The van der Waals surface area contributed by atoms with Gasteiger partial charge in [0.25, 0.3) is 5.91 Å². The van der Waals surface area contributed by atoms with E-state index in [-0.39, 0.29) is 12.3 Å². The lowest BCUT2D eigenvalue weighted by atomic mass is 10.1. The van der Waals surface area contributed by atoms with Gasteiger partial charge in [0.15, 0.2) is 0 Å². The van der Waals surface area contributed by atoms with Crippen molar-refractivity contribution in [1.82, 2.24) is 5.32 Å². The Kier molecular flexibility index (Phi) is 5.60. The first-order valence-corrected chi connectivity index (χ1v) is 8.32. The summed E-state index contributed by atoms with van der Waals surface area (Å²) in [6.45, 7) is 0. The quantitative estimate of drug-likeness (QED) is 0.699. The summed E-state index contributed by atoms with van der Waals surface area (Å²) in [5.41, 5.74) is 0.410. The number of benzene rings is 1. The Hall–Kier alpha value is -1.12. The molecule has 7 heteroatoms. The van der Waals surface area contributed by atoms with Gasteiger partial charge in [0.2, 0.25) is 0 Å². The number of carboxylic acid groups (broad SMARTS) is 1. The predicted molar refractivity (Wildman–Crippen MR) is 90.9 cm³/mol. The van der Waals surface area contributed by atoms with E-state index in [9.17, 15) is 9.59 Å². The second-order valence-electron chi connectivity index (χ2n) is 4.27. The third-order valence-electron chi connectivity index (χ3n) is 2.75. The van der Waals surface area contributed by atoms with Crippen LogP contribution in [-0.4, -0.2) is 17.0 Å². The predicted octanol–water partition coefficient (Wildman–Crippen LogP) is 3.95. The minimum atomic E-state index is -0.964. The number of halogens is 2. The van der Waals surface area contributed by atoms with Gasteiger partial charge in [0.1, 0.15) is 0 Å². The van der Waals surface area contributed by atoms with Gasteiger partial charge in [0, 0.05) is 14.0 Å². The van der Waals surface area contributed by atoms with Gasteiger partial charge in [-0.3, -0.25) is 9.59 Å². The molecule has 21 heavy (non-hydrogen) atoms. The fourth-order valence-electron chi connectivity index (χ4n) is 1.77. The number of carboxylic acids is 1. The first-order valence-electron chi connectivity index (χ1n) is 5.98. The van der Waals surface area contributed by atoms with E-state index in [4.69, 9.17) is 16.7 Å². The van der Waals surface area contributed by atoms with Crippen molar-refractivity contribution in [2.24, 2.45) is 0 Å². The average molecular weight is 436 g/mol. The van der Waals surface area contributed by atoms with Crippen LogP contribution in [0.25, 0.3) is 0 Å². The Labute approximate surface area is 144 Å². The van der Waals surface area contributed by atoms with E-state index in [0.29, 0.717) is 10.6 Å². The summed E-state index contributed by atoms with van der Waals surface area (Å²) in [4.78, 5) is 24.0. The zero-order chi connectivity index (χ0) is 15.4. The lowest BCUT2D eigenvalue weighted by Crippen LogP contribution is -2.29. The molecule has 1 amide bonds. The highest BCUT2D eigenvalue weighted by Crippen LogP contribution is 2.24. The van der Waals surface area contributed by atoms with Crippen LogP contribution in [0, 0.1) is 3.57 Å². The molecular formula is C14H11ClINO3S. The van der Waals surface area contributed by atoms with Crippen LogP contribution >= 0.6 is 45.5 Å². The van der Waals surface area contributed by atoms with Gasteiger partial charge in [-0.1, -0.05) is 17.7 Å². The van der Waals surface area contributed by atoms with Crippen LogP contribution in [0.3, 0.4) is 0 Å². The van der Waals surface area contributed by atoms with E-state index >= 15 is 0 Å². The molecule has 0 saturated carbocycles. The maximum absolute atomic E-state index is 12.2. The van der Waals surface area contributed by atoms with Crippen LogP contribution in [0.4, 0.5) is 0 Å². The third kappa shape index (κ3) is 4.42. The van der Waals surface area contributed by atoms with Gasteiger partial charge >= 0.3 is 5.97 Å². The number of amides is 1. The maximum atomic E-state index is 12.2. The lowest BCUT2D eigenvalue weighted by molar-refractivity contribution is -0.137. The second-order valence-corrected chi connectivity index (χ2v) is 6.82. The van der Waals surface area contributed by atoms with Crippen LogP contribution in [0.1, 0.15) is 27.7 Å². The number of hydrogen-bond acceptors (Lipinski definition) is 3. The van der Waals surface area contributed by atoms with Crippen molar-refractivity contribution >= 4 is 57.4 Å². The highest BCUT2D eigenvalue weighted by atomic mass is 127. The van der Waals surface area contributed by atoms with E-state index < -0.39 is 12.0 Å². The highest BCUT2D eigenvalue weighted by Gasteiger charge is 2.20. The minimum Gasteiger partial charge on any atom is -0.481 e. The third-order valence-corrected chi connectivity index (χ3v) is 5.31. The first kappa shape index (κ1) is 16.3. The Morgan fingerprint density at radius 3 is 2.71 bits per heavy atom. The van der Waals surface area contributed by atoms with Gasteiger partial charge in [-0.05, 0) is 52.2 Å². The molecule has 0 aliphatic rings. The molecule has 0 aliphatic heterocycles. The molecule has 2 aromatic rings. The maximum Gasteiger partial charge on any atom is 0.305 e. The molecule has 0 bridgehead atoms. The monoisotopic (exact) mass is 435 g/mol. The molecule has 1 aromatic carbocycles. The largest absolute Gasteiger partial charge is 0.481 e. The number of carbonyl (C=O) groups excluding carboxylic acids is 1. The van der Waals surface area contributed by atoms with Gasteiger partial charge in [-0.25, -0.2) is 0 Å². The molecule has 0 radical (unpaired) electrons. The minimum absolute atomic E-state index is 0.162. The number of nitrogens with one attached hydrogen (secondary N) is 1. The van der Waals surface area contributed by atoms with Gasteiger partial charge < -0.3 is 10.4 Å². The molecule has 0 spiro atoms. The molecule has 1 unspecified atom stereocenters. The van der Waals surface area contributed by atoms with Crippen molar-refractivity contribution in [3.63, 3.8) is 0 Å². The Bertz CT molecular complexity index is 660. The molecule has 0 aliphatic carbocycles. The number of carbonyl (C=O) groups is 2. The van der Waals surface area contributed by atoms with E-state index in [1.54, 1.807) is 24.3 Å². The van der Waals surface area contributed by atoms with Crippen molar-refractivity contribution in [3.8, 4) is 0 Å². The summed E-state index contributed by atoms with van der Waals surface area (Å²) >= 11 is 9.48. The van der Waals surface area contributed by atoms with Gasteiger partial charge in [0.05, 0.1) is 17.5 Å². The van der Waals surface area contributed by atoms with E-state index in [2.05, 4.69) is 27.9 Å². The summed E-state index contributed by atoms with van der Waals surface area (Å²) in [6, 6.07) is 8.06. The number of rotatable bonds is 5. The molecule has 1 heterocycles. The van der Waals surface area contributed by atoms with Gasteiger partial charge in [-0.15, -0.1) is 11.3 Å². The van der Waals surface area contributed by atoms with Crippen molar-refractivity contribution in [3.05, 3.63) is 54.7 Å². The van der Waals surface area contributed by atoms with Crippen LogP contribution in [0.15, 0.2) is 35.7 Å². The Morgan fingerprint density at radius 2 is 2.14 bits per heavy atom. The molecule has 2 N–H and O–H groups in total. The molecule has 1 aromatic heterocycles. The topological polar surface area (TPSA) is 66.4 Å². The average Bonchev–Trinajstić information content (AvgIpc) is 2.94. The number of aliphatic carboxylic acids is 1. The lowest BCUT2D eigenvalue weighted by Gasteiger charge is -2.15. The fraction of sp³-hybridized carbons (Fsp3) is 0.143. The molecule has 0 fully saturated rings. The summed E-state index contributed by atoms with van der Waals surface area (Å²) in [5, 5.41) is 14.1. The fourth-order valence-corrected chi connectivity index (χ4v) is 3.06. The molecule has 4 nitrogen and oxygen atoms in total. The Morgan fingerprint density at radius 1 is 1.38 bits per heavy atom. The summed E-state index contributed by atoms with van der Waals surface area (Å²) in [7, 11) is 0. The van der Waals surface area contributed by atoms with Crippen molar-refractivity contribution in [2.75, 3.05) is 0 Å². The SMILES string of the molecule is O=C(O)CC(NC(=O)c1ccc(I)c(Cl)c1)c1cccs1. The second kappa shape index (κ2) is 7.24. The van der Waals surface area contributed by atoms with Crippen molar-refractivity contribution in [1.29, 1.82) is 0 Å². The highest BCUT2D eigenvalue weighted by molar-refractivity contribution is 14.1. The summed E-state index contributed by atoms with van der Waals surface area (Å²) < 4.78 is 0.853. The normalized spacial score (nSPS) is 11.9. The first-order chi connectivity index (χ1) is 9.97. The van der Waals surface area contributed by atoms with Crippen LogP contribution in [0.2, 0.25) is 5.02 Å². The Balaban J connectivity index is 2.17. The molecular weight excluding hydrogens is 425 g/mol. The summed E-state index contributed by atoms with van der Waals surface area (Å²) in [5.74, 6) is -1.30. The van der Waals surface area contributed by atoms with Gasteiger partial charge in [-0.2, -0.15) is 0 Å². The zero-order valence-corrected chi connectivity index (χ0v) is 14.4. The van der Waals surface area contributed by atoms with Crippen molar-refractivity contribution < 1.29 is 14.7 Å². The van der Waals surface area contributed by atoms with Crippen LogP contribution in [-0.2, 0) is 4.79 Å². The molecule has 0 saturated heterocycles. The van der Waals surface area contributed by atoms with Crippen molar-refractivity contribution in [2.45, 2.75) is 12.5 Å². The number of thiophene rings is 1. The van der Waals surface area contributed by atoms with Crippen LogP contribution < -0.4 is 5.32 Å². The standard InChI is InChI=1S/C14H11ClINO3S/c15-9-6-8(3-4-10(9)16)14(20)17-11(7-13(18)19)12-2-1-5-21-12/h1-6,11H,7H2,(H,17,20)(H,18,19). The van der Waals surface area contributed by atoms with Crippen LogP contribution in [0.5, 0.6) is 0 Å². The zero-order valence-electron chi connectivity index (χ0n) is 10.7. The smallest absolute Gasteiger partial charge is 0.305 e. The molecule has 110 valence electrons. The molecule has 1 atom stereocenters. The summed E-state index contributed by atoms with van der Waals surface area (Å²) in [6.07, 6.45) is -0.162. The van der Waals surface area contributed by atoms with E-state index in [1.165, 1.54) is 11.3 Å². The van der Waals surface area contributed by atoms with E-state index in [0.717, 1.165) is 8.45 Å². The molecule has 2 rings (SSSR count).